The fraction of sp³-hybridized carbons (Fsp3) is 0.591. The minimum atomic E-state index is -0.906. The van der Waals surface area contributed by atoms with Crippen LogP contribution < -0.4 is 5.32 Å². The van der Waals surface area contributed by atoms with E-state index >= 15 is 0 Å². The van der Waals surface area contributed by atoms with Crippen molar-refractivity contribution in [3.8, 4) is 6.07 Å². The second-order valence-corrected chi connectivity index (χ2v) is 10.6. The van der Waals surface area contributed by atoms with Gasteiger partial charge in [-0.2, -0.15) is 5.26 Å². The molecule has 1 aromatic heterocycles. The molecule has 0 aliphatic heterocycles. The minimum Gasteiger partial charge on any atom is -0.481 e. The number of amides is 1. The summed E-state index contributed by atoms with van der Waals surface area (Å²) >= 11 is 1.50. The molecule has 5 atom stereocenters. The molecule has 1 aromatic rings. The number of carboxylic acids is 1. The molecule has 0 radical (unpaired) electrons. The highest BCUT2D eigenvalue weighted by Crippen LogP contribution is 2.49. The van der Waals surface area contributed by atoms with Crippen molar-refractivity contribution in [3.05, 3.63) is 28.2 Å². The molecule has 1 amide bonds. The van der Waals surface area contributed by atoms with Gasteiger partial charge in [-0.25, -0.2) is 0 Å². The lowest BCUT2D eigenvalue weighted by molar-refractivity contribution is -0.146. The lowest BCUT2D eigenvalue weighted by atomic mass is 9.72. The van der Waals surface area contributed by atoms with Gasteiger partial charge in [-0.05, 0) is 54.4 Å². The van der Waals surface area contributed by atoms with Crippen molar-refractivity contribution in [3.63, 3.8) is 0 Å². The van der Waals surface area contributed by atoms with Crippen LogP contribution in [0.5, 0.6) is 0 Å². The van der Waals surface area contributed by atoms with E-state index in [-0.39, 0.29) is 23.2 Å². The number of hydrogen-bond donors (Lipinski definition) is 2. The predicted octanol–water partition coefficient (Wildman–Crippen LogP) is 4.23. The van der Waals surface area contributed by atoms with E-state index in [2.05, 4.69) is 32.2 Å². The maximum Gasteiger partial charge on any atom is 0.307 e. The van der Waals surface area contributed by atoms with Gasteiger partial charge in [-0.3, -0.25) is 9.59 Å². The second kappa shape index (κ2) is 6.73. The number of hydrogen-bond acceptors (Lipinski definition) is 4. The Hall–Kier alpha value is -2.13. The number of thiophene rings is 1. The van der Waals surface area contributed by atoms with Gasteiger partial charge in [0.15, 0.2) is 0 Å². The smallest absolute Gasteiger partial charge is 0.307 e. The van der Waals surface area contributed by atoms with Gasteiger partial charge < -0.3 is 10.4 Å². The summed E-state index contributed by atoms with van der Waals surface area (Å²) in [4.78, 5) is 25.9. The average Bonchev–Trinajstić information content (AvgIpc) is 3.31. The van der Waals surface area contributed by atoms with Gasteiger partial charge in [-0.15, -0.1) is 11.3 Å². The van der Waals surface area contributed by atoms with E-state index in [4.69, 9.17) is 0 Å². The fourth-order valence-corrected chi connectivity index (χ4v) is 6.52. The van der Waals surface area contributed by atoms with Crippen LogP contribution in [0.3, 0.4) is 0 Å². The van der Waals surface area contributed by atoms with Gasteiger partial charge in [0.2, 0.25) is 5.91 Å². The Kier molecular flexibility index (Phi) is 4.62. The van der Waals surface area contributed by atoms with E-state index in [1.54, 1.807) is 0 Å². The molecule has 148 valence electrons. The Morgan fingerprint density at radius 3 is 2.54 bits per heavy atom. The van der Waals surface area contributed by atoms with Gasteiger partial charge in [-0.1, -0.05) is 32.9 Å². The number of nitriles is 1. The quantitative estimate of drug-likeness (QED) is 0.746. The molecule has 0 aromatic carbocycles. The number of nitrogens with zero attached hydrogens (tertiary/aromatic N) is 1. The van der Waals surface area contributed by atoms with Crippen molar-refractivity contribution >= 4 is 28.2 Å². The van der Waals surface area contributed by atoms with Crippen molar-refractivity contribution in [2.75, 3.05) is 5.32 Å². The van der Waals surface area contributed by atoms with Crippen molar-refractivity contribution in [1.29, 1.82) is 5.26 Å². The number of allylic oxidation sites excluding steroid dienone is 2. The first-order valence-corrected chi connectivity index (χ1v) is 10.8. The number of nitrogens with one attached hydrogen (secondary N) is 1. The Morgan fingerprint density at radius 1 is 1.25 bits per heavy atom. The number of anilines is 1. The van der Waals surface area contributed by atoms with Crippen molar-refractivity contribution in [1.82, 2.24) is 0 Å². The third-order valence-corrected chi connectivity index (χ3v) is 8.06. The van der Waals surface area contributed by atoms with Crippen LogP contribution in [-0.4, -0.2) is 17.0 Å². The van der Waals surface area contributed by atoms with Crippen LogP contribution >= 0.6 is 11.3 Å². The summed E-state index contributed by atoms with van der Waals surface area (Å²) in [6.07, 6.45) is 7.49. The number of carbonyl (C=O) groups excluding carboxylic acids is 1. The average molecular weight is 399 g/mol. The summed E-state index contributed by atoms with van der Waals surface area (Å²) < 4.78 is 0. The molecule has 1 saturated carbocycles. The zero-order chi connectivity index (χ0) is 20.2. The Bertz CT molecular complexity index is 902. The first-order chi connectivity index (χ1) is 13.2. The second-order valence-electron chi connectivity index (χ2n) is 9.45. The third-order valence-electron chi connectivity index (χ3n) is 6.89. The van der Waals surface area contributed by atoms with E-state index in [0.717, 1.165) is 31.2 Å². The monoisotopic (exact) mass is 398 g/mol. The van der Waals surface area contributed by atoms with E-state index in [1.807, 2.05) is 12.2 Å². The molecule has 4 rings (SSSR count). The molecule has 1 heterocycles. The van der Waals surface area contributed by atoms with E-state index in [0.29, 0.717) is 16.5 Å². The summed E-state index contributed by atoms with van der Waals surface area (Å²) in [5.41, 5.74) is 1.86. The molecular weight excluding hydrogens is 372 g/mol. The van der Waals surface area contributed by atoms with Crippen molar-refractivity contribution in [2.24, 2.45) is 35.0 Å². The molecular formula is C22H26N2O3S. The SMILES string of the molecule is CC(C)(C)[C@@H]1CCc2c(sc(NC(=O)[C@H]3[C@H](C(=O)O)[C@H]4C=C[C@H]3C4)c2C#N)C1. The maximum atomic E-state index is 13.0. The largest absolute Gasteiger partial charge is 0.481 e. The topological polar surface area (TPSA) is 90.2 Å². The molecule has 2 bridgehead atoms. The van der Waals surface area contributed by atoms with Gasteiger partial charge in [0.1, 0.15) is 11.1 Å². The Morgan fingerprint density at radius 2 is 1.93 bits per heavy atom. The van der Waals surface area contributed by atoms with Crippen LogP contribution in [0.1, 0.15) is 49.6 Å². The Labute approximate surface area is 169 Å². The molecule has 0 spiro atoms. The number of carboxylic acid groups (broad SMARTS) is 1. The molecule has 0 saturated heterocycles. The molecule has 3 aliphatic carbocycles. The van der Waals surface area contributed by atoms with Crippen LogP contribution in [0.25, 0.3) is 0 Å². The van der Waals surface area contributed by atoms with Crippen LogP contribution in [0.2, 0.25) is 0 Å². The van der Waals surface area contributed by atoms with Gasteiger partial charge in [0.05, 0.1) is 17.4 Å². The van der Waals surface area contributed by atoms with Crippen molar-refractivity contribution in [2.45, 2.75) is 46.5 Å². The summed E-state index contributed by atoms with van der Waals surface area (Å²) in [6.45, 7) is 6.75. The van der Waals surface area contributed by atoms with Crippen LogP contribution in [0, 0.1) is 46.3 Å². The lowest BCUT2D eigenvalue weighted by Gasteiger charge is -2.33. The van der Waals surface area contributed by atoms with Gasteiger partial charge >= 0.3 is 5.97 Å². The van der Waals surface area contributed by atoms with Gasteiger partial charge in [0, 0.05) is 4.88 Å². The highest BCUT2D eigenvalue weighted by Gasteiger charge is 2.51. The minimum absolute atomic E-state index is 0.0171. The molecule has 2 N–H and O–H groups in total. The fourth-order valence-electron chi connectivity index (χ4n) is 5.24. The molecule has 0 unspecified atom stereocenters. The highest BCUT2D eigenvalue weighted by atomic mass is 32.1. The van der Waals surface area contributed by atoms with Crippen LogP contribution in [0.15, 0.2) is 12.2 Å². The number of rotatable bonds is 3. The summed E-state index contributed by atoms with van der Waals surface area (Å²) in [6, 6.07) is 2.29. The third kappa shape index (κ3) is 3.06. The van der Waals surface area contributed by atoms with Crippen LogP contribution in [-0.2, 0) is 22.4 Å². The van der Waals surface area contributed by atoms with Crippen molar-refractivity contribution < 1.29 is 14.7 Å². The summed E-state index contributed by atoms with van der Waals surface area (Å²) in [5, 5.41) is 22.9. The normalized spacial score (nSPS) is 30.7. The standard InChI is InChI=1S/C22H26N2O3S/c1-22(2,3)13-6-7-14-15(10-23)20(28-16(14)9-13)24-19(25)17-11-4-5-12(8-11)18(17)21(26)27/h4-5,11-13,17-18H,6-9H2,1-3H3,(H,24,25)(H,26,27)/t11-,12-,13+,17+,18+/m0/s1. The van der Waals surface area contributed by atoms with Crippen LogP contribution in [0.4, 0.5) is 5.00 Å². The number of carbonyl (C=O) groups is 2. The molecule has 3 aliphatic rings. The van der Waals surface area contributed by atoms with E-state index in [9.17, 15) is 20.0 Å². The molecule has 6 heteroatoms. The predicted molar refractivity (Wildman–Crippen MR) is 108 cm³/mol. The number of aliphatic carboxylic acids is 1. The van der Waals surface area contributed by atoms with E-state index in [1.165, 1.54) is 16.2 Å². The zero-order valence-electron chi connectivity index (χ0n) is 16.5. The maximum absolute atomic E-state index is 13.0. The summed E-state index contributed by atoms with van der Waals surface area (Å²) in [7, 11) is 0. The molecule has 1 fully saturated rings. The first-order valence-electron chi connectivity index (χ1n) is 9.97. The zero-order valence-corrected chi connectivity index (χ0v) is 17.3. The van der Waals surface area contributed by atoms with E-state index < -0.39 is 17.8 Å². The molecule has 5 nitrogen and oxygen atoms in total. The van der Waals surface area contributed by atoms with Gasteiger partial charge in [0.25, 0.3) is 0 Å². The first kappa shape index (κ1) is 19.2. The summed E-state index contributed by atoms with van der Waals surface area (Å²) in [5.74, 6) is -1.90. The number of fused-ring (bicyclic) bond motifs is 3. The Balaban J connectivity index is 1.59. The molecule has 28 heavy (non-hydrogen) atoms. The lowest BCUT2D eigenvalue weighted by Crippen LogP contribution is -2.36. The highest BCUT2D eigenvalue weighted by molar-refractivity contribution is 7.16.